The van der Waals surface area contributed by atoms with E-state index in [-0.39, 0.29) is 11.5 Å². The number of hydrogen-bond donors (Lipinski definition) is 2. The van der Waals surface area contributed by atoms with Crippen LogP contribution in [0.5, 0.6) is 0 Å². The summed E-state index contributed by atoms with van der Waals surface area (Å²) < 4.78 is 1.32. The zero-order valence-electron chi connectivity index (χ0n) is 9.51. The van der Waals surface area contributed by atoms with Gasteiger partial charge in [-0.2, -0.15) is 4.68 Å². The summed E-state index contributed by atoms with van der Waals surface area (Å²) in [5.41, 5.74) is 8.27. The fourth-order valence-corrected chi connectivity index (χ4v) is 1.71. The third-order valence-corrected chi connectivity index (χ3v) is 2.36. The Kier molecular flexibility index (Phi) is 2.55. The van der Waals surface area contributed by atoms with Crippen LogP contribution < -0.4 is 5.73 Å². The summed E-state index contributed by atoms with van der Waals surface area (Å²) >= 11 is 0. The quantitative estimate of drug-likeness (QED) is 0.810. The van der Waals surface area contributed by atoms with Gasteiger partial charge >= 0.3 is 5.97 Å². The zero-order chi connectivity index (χ0) is 12.6. The minimum absolute atomic E-state index is 0.0301. The minimum atomic E-state index is -1.18. The van der Waals surface area contributed by atoms with Crippen molar-refractivity contribution in [3.05, 3.63) is 35.0 Å². The van der Waals surface area contributed by atoms with Gasteiger partial charge in [0.1, 0.15) is 0 Å². The third-order valence-electron chi connectivity index (χ3n) is 2.36. The average Bonchev–Trinajstić information content (AvgIpc) is 2.58. The zero-order valence-corrected chi connectivity index (χ0v) is 9.51. The van der Waals surface area contributed by atoms with E-state index in [9.17, 15) is 4.79 Å². The average molecular weight is 232 g/mol. The highest BCUT2D eigenvalue weighted by Crippen LogP contribution is 2.17. The van der Waals surface area contributed by atoms with E-state index in [2.05, 4.69) is 10.3 Å². The van der Waals surface area contributed by atoms with Crippen molar-refractivity contribution in [2.24, 2.45) is 0 Å². The number of aromatic nitrogens is 3. The molecule has 0 aliphatic carbocycles. The Hall–Kier alpha value is -2.37. The Labute approximate surface area is 97.7 Å². The van der Waals surface area contributed by atoms with Gasteiger partial charge < -0.3 is 10.8 Å². The maximum atomic E-state index is 10.8. The summed E-state index contributed by atoms with van der Waals surface area (Å²) in [6, 6.07) is 5.74. The van der Waals surface area contributed by atoms with Crippen molar-refractivity contribution in [3.63, 3.8) is 0 Å². The van der Waals surface area contributed by atoms with Crippen LogP contribution in [-0.2, 0) is 0 Å². The number of carboxylic acid groups (broad SMARTS) is 1. The Bertz CT molecular complexity index is 569. The third kappa shape index (κ3) is 1.96. The molecule has 6 nitrogen and oxygen atoms in total. The van der Waals surface area contributed by atoms with Crippen molar-refractivity contribution in [3.8, 4) is 5.69 Å². The van der Waals surface area contributed by atoms with Crippen LogP contribution in [0.1, 0.15) is 21.6 Å². The summed E-state index contributed by atoms with van der Waals surface area (Å²) in [6.45, 7) is 3.89. The molecule has 88 valence electrons. The van der Waals surface area contributed by atoms with Gasteiger partial charge in [-0.1, -0.05) is 11.3 Å². The van der Waals surface area contributed by atoms with E-state index >= 15 is 0 Å². The lowest BCUT2D eigenvalue weighted by Crippen LogP contribution is -2.06. The molecule has 2 rings (SSSR count). The van der Waals surface area contributed by atoms with Crippen molar-refractivity contribution in [2.45, 2.75) is 13.8 Å². The molecule has 0 atom stereocenters. The molecule has 0 spiro atoms. The van der Waals surface area contributed by atoms with Crippen molar-refractivity contribution in [2.75, 3.05) is 5.73 Å². The van der Waals surface area contributed by atoms with E-state index in [0.717, 1.165) is 11.1 Å². The highest BCUT2D eigenvalue weighted by molar-refractivity contribution is 5.90. The van der Waals surface area contributed by atoms with Gasteiger partial charge in [0.05, 0.1) is 5.69 Å². The standard InChI is InChI=1S/C11H12N4O2/c1-6-3-7(2)5-8(4-6)15-10(12)9(11(16)17)13-14-15/h3-5H,12H2,1-2H3,(H,16,17). The molecule has 1 aromatic carbocycles. The highest BCUT2D eigenvalue weighted by Gasteiger charge is 2.17. The van der Waals surface area contributed by atoms with Crippen molar-refractivity contribution in [1.82, 2.24) is 15.0 Å². The molecule has 1 aromatic heterocycles. The molecule has 0 aliphatic rings. The van der Waals surface area contributed by atoms with Crippen LogP contribution in [0.4, 0.5) is 5.82 Å². The molecule has 2 aromatic rings. The Balaban J connectivity index is 2.57. The van der Waals surface area contributed by atoms with Crippen molar-refractivity contribution >= 4 is 11.8 Å². The molecule has 0 fully saturated rings. The number of nitrogens with zero attached hydrogens (tertiary/aromatic N) is 3. The number of nitrogen functional groups attached to an aromatic ring is 1. The molecule has 0 unspecified atom stereocenters. The normalized spacial score (nSPS) is 10.5. The number of hydrogen-bond acceptors (Lipinski definition) is 4. The second-order valence-corrected chi connectivity index (χ2v) is 3.89. The van der Waals surface area contributed by atoms with Crippen molar-refractivity contribution < 1.29 is 9.90 Å². The Morgan fingerprint density at radius 2 is 1.88 bits per heavy atom. The van der Waals surface area contributed by atoms with Gasteiger partial charge in [0, 0.05) is 0 Å². The molecule has 0 aliphatic heterocycles. The molecule has 0 bridgehead atoms. The van der Waals surface area contributed by atoms with Gasteiger partial charge in [-0.3, -0.25) is 0 Å². The predicted octanol–water partition coefficient (Wildman–Crippen LogP) is 1.16. The van der Waals surface area contributed by atoms with E-state index in [4.69, 9.17) is 10.8 Å². The van der Waals surface area contributed by atoms with E-state index in [1.165, 1.54) is 4.68 Å². The number of nitrogens with two attached hydrogens (primary N) is 1. The van der Waals surface area contributed by atoms with E-state index < -0.39 is 5.97 Å². The van der Waals surface area contributed by atoms with Crippen LogP contribution in [0.3, 0.4) is 0 Å². The number of benzene rings is 1. The lowest BCUT2D eigenvalue weighted by molar-refractivity contribution is 0.0691. The number of carboxylic acids is 1. The number of anilines is 1. The monoisotopic (exact) mass is 232 g/mol. The van der Waals surface area contributed by atoms with Crippen LogP contribution in [0, 0.1) is 13.8 Å². The van der Waals surface area contributed by atoms with Gasteiger partial charge in [0.15, 0.2) is 5.82 Å². The number of aromatic carboxylic acids is 1. The number of aryl methyl sites for hydroxylation is 2. The lowest BCUT2D eigenvalue weighted by atomic mass is 10.1. The summed E-state index contributed by atoms with van der Waals surface area (Å²) in [4.78, 5) is 10.8. The van der Waals surface area contributed by atoms with E-state index in [0.29, 0.717) is 5.69 Å². The number of carbonyl (C=O) groups is 1. The second-order valence-electron chi connectivity index (χ2n) is 3.89. The topological polar surface area (TPSA) is 94.0 Å². The van der Waals surface area contributed by atoms with Gasteiger partial charge in [-0.05, 0) is 37.1 Å². The van der Waals surface area contributed by atoms with Crippen LogP contribution in [0.2, 0.25) is 0 Å². The predicted molar refractivity (Wildman–Crippen MR) is 62.2 cm³/mol. The molecule has 6 heteroatoms. The van der Waals surface area contributed by atoms with Crippen molar-refractivity contribution in [1.29, 1.82) is 0 Å². The van der Waals surface area contributed by atoms with Crippen LogP contribution >= 0.6 is 0 Å². The maximum absolute atomic E-state index is 10.8. The first-order chi connectivity index (χ1) is 7.99. The lowest BCUT2D eigenvalue weighted by Gasteiger charge is -2.05. The van der Waals surface area contributed by atoms with Gasteiger partial charge in [0.25, 0.3) is 0 Å². The Morgan fingerprint density at radius 1 is 1.29 bits per heavy atom. The smallest absolute Gasteiger partial charge is 0.360 e. The van der Waals surface area contributed by atoms with Gasteiger partial charge in [0.2, 0.25) is 5.69 Å². The first kappa shape index (κ1) is 11.1. The highest BCUT2D eigenvalue weighted by atomic mass is 16.4. The SMILES string of the molecule is Cc1cc(C)cc(-n2nnc(C(=O)O)c2N)c1. The molecule has 0 saturated heterocycles. The van der Waals surface area contributed by atoms with E-state index in [1.807, 2.05) is 32.0 Å². The first-order valence-electron chi connectivity index (χ1n) is 5.02. The molecular weight excluding hydrogens is 220 g/mol. The van der Waals surface area contributed by atoms with Gasteiger partial charge in [-0.15, -0.1) is 5.10 Å². The molecule has 3 N–H and O–H groups in total. The summed E-state index contributed by atoms with van der Waals surface area (Å²) in [6.07, 6.45) is 0. The van der Waals surface area contributed by atoms with Crippen LogP contribution in [0.15, 0.2) is 18.2 Å². The largest absolute Gasteiger partial charge is 0.476 e. The molecule has 1 heterocycles. The van der Waals surface area contributed by atoms with Crippen LogP contribution in [-0.4, -0.2) is 26.1 Å². The summed E-state index contributed by atoms with van der Waals surface area (Å²) in [5.74, 6) is -1.15. The maximum Gasteiger partial charge on any atom is 0.360 e. The minimum Gasteiger partial charge on any atom is -0.476 e. The molecule has 0 radical (unpaired) electrons. The first-order valence-corrected chi connectivity index (χ1v) is 5.02. The molecule has 0 saturated carbocycles. The fourth-order valence-electron chi connectivity index (χ4n) is 1.71. The summed E-state index contributed by atoms with van der Waals surface area (Å²) in [7, 11) is 0. The second kappa shape index (κ2) is 3.89. The van der Waals surface area contributed by atoms with Gasteiger partial charge in [-0.25, -0.2) is 4.79 Å². The van der Waals surface area contributed by atoms with Crippen LogP contribution in [0.25, 0.3) is 5.69 Å². The molecular formula is C11H12N4O2. The fraction of sp³-hybridized carbons (Fsp3) is 0.182. The van der Waals surface area contributed by atoms with E-state index in [1.54, 1.807) is 0 Å². The molecule has 17 heavy (non-hydrogen) atoms. The summed E-state index contributed by atoms with van der Waals surface area (Å²) in [5, 5.41) is 16.1. The number of rotatable bonds is 2. The molecule has 0 amide bonds. The Morgan fingerprint density at radius 3 is 2.35 bits per heavy atom.